The molecular weight excluding hydrogens is 540 g/mol. The second kappa shape index (κ2) is 8.72. The molecule has 2 aromatic carbocycles. The Morgan fingerprint density at radius 2 is 1.88 bits per heavy atom. The standard InChI is InChI=1S/C31H34N2O3.CH4O3S/c1-35-23-11-9-19-14-24-31(34)15-22-21-10-8-18-4-2-3-5-20(18)26(21)32-27(22)29-30(31,25(19)28(23)36-29)12-13-33(24)16-17-6-7-17;1-5(2,3)4/h8-11,17,24,29,32,34H,2-7,12-16H2,1H3;1H3,(H,2,3,4)/t24-,29+,30+,31-;/m1./s1. The fourth-order valence-corrected chi connectivity index (χ4v) is 9.08. The fourth-order valence-electron chi connectivity index (χ4n) is 9.08. The van der Waals surface area contributed by atoms with E-state index in [1.807, 2.05) is 0 Å². The number of nitrogens with one attached hydrogen (secondary N) is 1. The summed E-state index contributed by atoms with van der Waals surface area (Å²) in [6.45, 7) is 2.16. The Kier molecular flexibility index (Phi) is 5.55. The van der Waals surface area contributed by atoms with E-state index >= 15 is 0 Å². The quantitative estimate of drug-likeness (QED) is 0.398. The number of fused-ring (bicyclic) bond motifs is 6. The molecule has 3 N–H and O–H groups in total. The molecule has 1 saturated heterocycles. The van der Waals surface area contributed by atoms with E-state index < -0.39 is 21.1 Å². The number of H-pyrrole nitrogens is 1. The van der Waals surface area contributed by atoms with Crippen LogP contribution >= 0.6 is 0 Å². The number of ether oxygens (including phenoxy) is 2. The van der Waals surface area contributed by atoms with Crippen molar-refractivity contribution < 1.29 is 27.6 Å². The van der Waals surface area contributed by atoms with Gasteiger partial charge in [0, 0.05) is 35.5 Å². The second-order valence-electron chi connectivity index (χ2n) is 13.2. The molecule has 0 radical (unpaired) electrons. The van der Waals surface area contributed by atoms with Crippen LogP contribution in [-0.2, 0) is 41.2 Å². The van der Waals surface area contributed by atoms with E-state index in [1.54, 1.807) is 7.11 Å². The van der Waals surface area contributed by atoms with Crippen LogP contribution in [0.1, 0.15) is 71.7 Å². The van der Waals surface area contributed by atoms with Crippen molar-refractivity contribution in [2.75, 3.05) is 26.5 Å². The molecule has 0 unspecified atom stereocenters. The number of likely N-dealkylation sites (tertiary alicyclic amines) is 1. The molecule has 3 aromatic rings. The number of aromatic nitrogens is 1. The normalized spacial score (nSPS) is 30.9. The van der Waals surface area contributed by atoms with Gasteiger partial charge in [-0.15, -0.1) is 0 Å². The molecule has 1 spiro atoms. The van der Waals surface area contributed by atoms with E-state index in [2.05, 4.69) is 34.1 Å². The minimum atomic E-state index is -3.67. The van der Waals surface area contributed by atoms with Gasteiger partial charge in [-0.2, -0.15) is 8.42 Å². The van der Waals surface area contributed by atoms with Gasteiger partial charge in [0.1, 0.15) is 0 Å². The lowest BCUT2D eigenvalue weighted by atomic mass is 9.49. The van der Waals surface area contributed by atoms with Crippen molar-refractivity contribution >= 4 is 21.0 Å². The number of hydrogen-bond acceptors (Lipinski definition) is 6. The summed E-state index contributed by atoms with van der Waals surface area (Å²) in [4.78, 5) is 6.58. The van der Waals surface area contributed by atoms with Gasteiger partial charge in [0.25, 0.3) is 10.1 Å². The van der Waals surface area contributed by atoms with E-state index in [-0.39, 0.29) is 12.1 Å². The van der Waals surface area contributed by atoms with Crippen molar-refractivity contribution in [3.05, 3.63) is 57.8 Å². The first kappa shape index (κ1) is 26.1. The van der Waals surface area contributed by atoms with Gasteiger partial charge >= 0.3 is 0 Å². The van der Waals surface area contributed by atoms with Crippen molar-refractivity contribution in [2.45, 2.75) is 80.9 Å². The number of piperidine rings is 1. The van der Waals surface area contributed by atoms with Crippen molar-refractivity contribution in [3.8, 4) is 11.5 Å². The highest BCUT2D eigenvalue weighted by Crippen LogP contribution is 2.69. The van der Waals surface area contributed by atoms with Crippen LogP contribution in [0.15, 0.2) is 24.3 Å². The first-order valence-corrected chi connectivity index (χ1v) is 16.9. The minimum absolute atomic E-state index is 0.125. The molecular formula is C32H38N2O6S. The molecule has 3 heterocycles. The maximum Gasteiger partial charge on any atom is 0.261 e. The van der Waals surface area contributed by atoms with E-state index in [0.717, 1.165) is 49.8 Å². The predicted octanol–water partition coefficient (Wildman–Crippen LogP) is 4.26. The maximum atomic E-state index is 13.1. The van der Waals surface area contributed by atoms with Crippen LogP contribution < -0.4 is 9.47 Å². The number of methoxy groups -OCH3 is 1. The lowest BCUT2D eigenvalue weighted by Crippen LogP contribution is -2.74. The van der Waals surface area contributed by atoms with E-state index in [9.17, 15) is 13.5 Å². The molecule has 1 saturated carbocycles. The summed E-state index contributed by atoms with van der Waals surface area (Å²) in [5.41, 5.74) is 8.08. The van der Waals surface area contributed by atoms with Crippen LogP contribution in [0.4, 0.5) is 0 Å². The largest absolute Gasteiger partial charge is 0.493 e. The topological polar surface area (TPSA) is 112 Å². The molecule has 2 bridgehead atoms. The zero-order chi connectivity index (χ0) is 28.3. The lowest BCUT2D eigenvalue weighted by molar-refractivity contribution is -0.173. The number of rotatable bonds is 3. The number of aromatic amines is 1. The van der Waals surface area contributed by atoms with Crippen LogP contribution in [0.3, 0.4) is 0 Å². The molecule has 1 aromatic heterocycles. The second-order valence-corrected chi connectivity index (χ2v) is 14.7. The molecule has 9 rings (SSSR count). The fraction of sp³-hybridized carbons (Fsp3) is 0.562. The zero-order valence-corrected chi connectivity index (χ0v) is 24.5. The third-order valence-electron chi connectivity index (χ3n) is 10.9. The minimum Gasteiger partial charge on any atom is -0.493 e. The van der Waals surface area contributed by atoms with Crippen LogP contribution in [0, 0.1) is 5.92 Å². The monoisotopic (exact) mass is 578 g/mol. The molecule has 41 heavy (non-hydrogen) atoms. The van der Waals surface area contributed by atoms with E-state index in [0.29, 0.717) is 12.7 Å². The average molecular weight is 579 g/mol. The Labute approximate surface area is 240 Å². The lowest BCUT2D eigenvalue weighted by Gasteiger charge is -2.62. The summed E-state index contributed by atoms with van der Waals surface area (Å²) in [5.74, 6) is 2.49. The van der Waals surface area contributed by atoms with Crippen molar-refractivity contribution in [2.24, 2.45) is 5.92 Å². The Bertz CT molecular complexity index is 1690. The Morgan fingerprint density at radius 1 is 1.12 bits per heavy atom. The van der Waals surface area contributed by atoms with Gasteiger partial charge < -0.3 is 19.6 Å². The first-order valence-electron chi connectivity index (χ1n) is 15.0. The van der Waals surface area contributed by atoms with Crippen molar-refractivity contribution in [3.63, 3.8) is 0 Å². The SMILES string of the molecule is COc1ccc2c3c1O[C@H]1c4[nH]c5c6c(ccc5c4C[C@@]4(O)[C@@H](C2)N(CC2CC2)CC[C@]314)CCCC6.CS(=O)(=O)O. The Morgan fingerprint density at radius 3 is 2.63 bits per heavy atom. The van der Waals surface area contributed by atoms with Gasteiger partial charge in [-0.05, 0) is 92.1 Å². The predicted molar refractivity (Wildman–Crippen MR) is 156 cm³/mol. The molecule has 2 aliphatic heterocycles. The molecule has 8 nitrogen and oxygen atoms in total. The summed E-state index contributed by atoms with van der Waals surface area (Å²) in [6.07, 6.45) is 10.6. The summed E-state index contributed by atoms with van der Waals surface area (Å²) in [6, 6.07) is 9.13. The van der Waals surface area contributed by atoms with Gasteiger partial charge in [0.05, 0.1) is 30.1 Å². The molecule has 4 aliphatic carbocycles. The Balaban J connectivity index is 0.000000475. The molecule has 218 valence electrons. The summed E-state index contributed by atoms with van der Waals surface area (Å²) >= 11 is 0. The molecule has 2 fully saturated rings. The molecule has 4 atom stereocenters. The number of nitrogens with zero attached hydrogens (tertiary/aromatic N) is 1. The number of hydrogen-bond donors (Lipinski definition) is 3. The Hall–Kier alpha value is -2.59. The third kappa shape index (κ3) is 3.65. The highest BCUT2D eigenvalue weighted by molar-refractivity contribution is 7.85. The van der Waals surface area contributed by atoms with E-state index in [1.165, 1.54) is 76.5 Å². The van der Waals surface area contributed by atoms with Gasteiger partial charge in [-0.25, -0.2) is 0 Å². The van der Waals surface area contributed by atoms with Crippen molar-refractivity contribution in [1.82, 2.24) is 9.88 Å². The highest BCUT2D eigenvalue weighted by atomic mass is 32.2. The van der Waals surface area contributed by atoms with Crippen LogP contribution in [0.2, 0.25) is 0 Å². The summed E-state index contributed by atoms with van der Waals surface area (Å²) < 4.78 is 38.6. The van der Waals surface area contributed by atoms with Crippen molar-refractivity contribution in [1.29, 1.82) is 0 Å². The zero-order valence-electron chi connectivity index (χ0n) is 23.7. The maximum absolute atomic E-state index is 13.1. The number of aliphatic hydroxyl groups is 1. The summed E-state index contributed by atoms with van der Waals surface area (Å²) in [5, 5.41) is 14.4. The smallest absolute Gasteiger partial charge is 0.261 e. The third-order valence-corrected chi connectivity index (χ3v) is 10.9. The average Bonchev–Trinajstić information content (AvgIpc) is 3.56. The van der Waals surface area contributed by atoms with Gasteiger partial charge in [0.15, 0.2) is 17.6 Å². The number of aryl methyl sites for hydroxylation is 2. The highest BCUT2D eigenvalue weighted by Gasteiger charge is 2.73. The van der Waals surface area contributed by atoms with Crippen LogP contribution in [0.25, 0.3) is 10.9 Å². The summed E-state index contributed by atoms with van der Waals surface area (Å²) in [7, 11) is -1.93. The molecule has 6 aliphatic rings. The number of benzene rings is 2. The van der Waals surface area contributed by atoms with Gasteiger partial charge in [-0.1, -0.05) is 18.2 Å². The molecule has 0 amide bonds. The van der Waals surface area contributed by atoms with Crippen LogP contribution in [0.5, 0.6) is 11.5 Å². The van der Waals surface area contributed by atoms with Gasteiger partial charge in [0.2, 0.25) is 0 Å². The van der Waals surface area contributed by atoms with Gasteiger partial charge in [-0.3, -0.25) is 9.45 Å². The van der Waals surface area contributed by atoms with E-state index in [4.69, 9.17) is 14.0 Å². The first-order chi connectivity index (χ1) is 19.6. The van der Waals surface area contributed by atoms with Crippen LogP contribution in [-0.4, -0.2) is 66.1 Å². The molecule has 9 heteroatoms.